The van der Waals surface area contributed by atoms with E-state index in [4.69, 9.17) is 20.6 Å². The average Bonchev–Trinajstić information content (AvgIpc) is 3.10. The van der Waals surface area contributed by atoms with Crippen LogP contribution in [0.3, 0.4) is 0 Å². The van der Waals surface area contributed by atoms with Crippen molar-refractivity contribution in [2.75, 3.05) is 6.61 Å². The highest BCUT2D eigenvalue weighted by molar-refractivity contribution is 5.99. The molecule has 0 spiro atoms. The quantitative estimate of drug-likeness (QED) is 0.440. The van der Waals surface area contributed by atoms with Crippen molar-refractivity contribution in [3.8, 4) is 12.3 Å². The molecule has 2 atom stereocenters. The molecule has 2 amide bonds. The van der Waals surface area contributed by atoms with Gasteiger partial charge in [-0.25, -0.2) is 14.4 Å². The van der Waals surface area contributed by atoms with E-state index in [1.807, 2.05) is 0 Å². The third-order valence-electron chi connectivity index (χ3n) is 3.31. The number of ether oxygens (including phenoxy) is 3. The molecule has 7 nitrogen and oxygen atoms in total. The monoisotopic (exact) mass is 353 g/mol. The van der Waals surface area contributed by atoms with Crippen LogP contribution >= 0.6 is 0 Å². The second-order valence-corrected chi connectivity index (χ2v) is 7.86. The number of nitrogens with zero attached hydrogens (tertiary/aromatic N) is 1. The second kappa shape index (κ2) is 6.95. The summed E-state index contributed by atoms with van der Waals surface area (Å²) in [6.45, 7) is 11.6. The van der Waals surface area contributed by atoms with E-state index < -0.39 is 40.8 Å². The highest BCUT2D eigenvalue weighted by atomic mass is 16.6. The van der Waals surface area contributed by atoms with Gasteiger partial charge in [-0.2, -0.15) is 4.90 Å². The molecule has 0 unspecified atom stereocenters. The third-order valence-corrected chi connectivity index (χ3v) is 3.31. The van der Waals surface area contributed by atoms with Crippen molar-refractivity contribution in [2.24, 2.45) is 5.92 Å². The normalized spacial score (nSPS) is 22.4. The van der Waals surface area contributed by atoms with Crippen molar-refractivity contribution in [3.05, 3.63) is 0 Å². The molecule has 0 radical (unpaired) electrons. The zero-order chi connectivity index (χ0) is 19.6. The standard InChI is InChI=1S/C18H27NO6/c1-9-12-11-18(12,13(20)23-10-2)19(14(21)24-16(3,4)5)15(22)25-17(6,7)8/h1,12H,10-11H2,2-8H3/t12-,18-/m0/s1. The van der Waals surface area contributed by atoms with E-state index in [0.717, 1.165) is 0 Å². The van der Waals surface area contributed by atoms with Gasteiger partial charge in [0.25, 0.3) is 0 Å². The SMILES string of the molecule is C#C[C@H]1C[C@]1(C(=O)OCC)N(C(=O)OC(C)(C)C)C(=O)OC(C)(C)C. The molecule has 1 fully saturated rings. The summed E-state index contributed by atoms with van der Waals surface area (Å²) in [4.78, 5) is 38.5. The number of hydrogen-bond acceptors (Lipinski definition) is 6. The van der Waals surface area contributed by atoms with Crippen molar-refractivity contribution >= 4 is 18.2 Å². The molecule has 0 bridgehead atoms. The van der Waals surface area contributed by atoms with E-state index >= 15 is 0 Å². The minimum Gasteiger partial charge on any atom is -0.464 e. The Hall–Kier alpha value is -2.23. The molecule has 1 aliphatic carbocycles. The lowest BCUT2D eigenvalue weighted by atomic mass is 10.1. The molecular weight excluding hydrogens is 326 g/mol. The van der Waals surface area contributed by atoms with E-state index in [0.29, 0.717) is 4.90 Å². The van der Waals surface area contributed by atoms with Gasteiger partial charge >= 0.3 is 18.2 Å². The molecule has 0 heterocycles. The Morgan fingerprint density at radius 1 is 1.08 bits per heavy atom. The molecule has 25 heavy (non-hydrogen) atoms. The maximum atomic E-state index is 12.7. The van der Waals surface area contributed by atoms with Crippen LogP contribution in [0.25, 0.3) is 0 Å². The maximum Gasteiger partial charge on any atom is 0.420 e. The fraction of sp³-hybridized carbons (Fsp3) is 0.722. The van der Waals surface area contributed by atoms with Gasteiger partial charge < -0.3 is 14.2 Å². The first-order valence-electron chi connectivity index (χ1n) is 8.18. The van der Waals surface area contributed by atoms with Crippen molar-refractivity contribution in [3.63, 3.8) is 0 Å². The minimum absolute atomic E-state index is 0.0916. The summed E-state index contributed by atoms with van der Waals surface area (Å²) >= 11 is 0. The molecule has 0 aliphatic heterocycles. The number of terminal acetylenes is 1. The van der Waals surface area contributed by atoms with Gasteiger partial charge in [0.15, 0.2) is 5.54 Å². The molecule has 7 heteroatoms. The zero-order valence-electron chi connectivity index (χ0n) is 16.0. The van der Waals surface area contributed by atoms with Crippen molar-refractivity contribution in [1.29, 1.82) is 0 Å². The van der Waals surface area contributed by atoms with Crippen LogP contribution < -0.4 is 0 Å². The Bertz CT molecular complexity index is 564. The third kappa shape index (κ3) is 4.88. The topological polar surface area (TPSA) is 82.1 Å². The second-order valence-electron chi connectivity index (χ2n) is 7.86. The number of amides is 2. The molecule has 1 aliphatic rings. The first-order valence-corrected chi connectivity index (χ1v) is 8.18. The first kappa shape index (κ1) is 20.8. The largest absolute Gasteiger partial charge is 0.464 e. The summed E-state index contributed by atoms with van der Waals surface area (Å²) in [5, 5.41) is 0. The number of carbonyl (C=O) groups excluding carboxylic acids is 3. The van der Waals surface area contributed by atoms with Gasteiger partial charge in [-0.3, -0.25) is 0 Å². The smallest absolute Gasteiger partial charge is 0.420 e. The summed E-state index contributed by atoms with van der Waals surface area (Å²) in [7, 11) is 0. The van der Waals surface area contributed by atoms with Crippen LogP contribution in [0, 0.1) is 18.3 Å². The Kier molecular flexibility index (Phi) is 5.78. The van der Waals surface area contributed by atoms with E-state index in [-0.39, 0.29) is 13.0 Å². The van der Waals surface area contributed by atoms with Gasteiger partial charge in [-0.15, -0.1) is 12.3 Å². The lowest BCUT2D eigenvalue weighted by Gasteiger charge is -2.32. The van der Waals surface area contributed by atoms with Crippen LogP contribution in [-0.4, -0.2) is 46.4 Å². The van der Waals surface area contributed by atoms with Gasteiger partial charge in [-0.05, 0) is 48.5 Å². The molecule has 1 rings (SSSR count). The fourth-order valence-corrected chi connectivity index (χ4v) is 2.28. The van der Waals surface area contributed by atoms with Crippen LogP contribution in [0.5, 0.6) is 0 Å². The molecule has 0 aromatic heterocycles. The van der Waals surface area contributed by atoms with E-state index in [1.54, 1.807) is 48.5 Å². The van der Waals surface area contributed by atoms with Crippen LogP contribution in [-0.2, 0) is 19.0 Å². The summed E-state index contributed by atoms with van der Waals surface area (Å²) in [5.41, 5.74) is -3.32. The average molecular weight is 353 g/mol. The molecule has 1 saturated carbocycles. The molecular formula is C18H27NO6. The van der Waals surface area contributed by atoms with Crippen molar-refractivity contribution in [2.45, 2.75) is 71.6 Å². The molecule has 0 aromatic carbocycles. The summed E-state index contributed by atoms with van der Waals surface area (Å²) in [5.74, 6) is 1.04. The summed E-state index contributed by atoms with van der Waals surface area (Å²) < 4.78 is 15.6. The molecule has 0 aromatic rings. The first-order chi connectivity index (χ1) is 11.3. The van der Waals surface area contributed by atoms with Gasteiger partial charge in [-0.1, -0.05) is 0 Å². The number of hydrogen-bond donors (Lipinski definition) is 0. The van der Waals surface area contributed by atoms with E-state index in [1.165, 1.54) is 0 Å². The van der Waals surface area contributed by atoms with Crippen LogP contribution in [0.4, 0.5) is 9.59 Å². The van der Waals surface area contributed by atoms with Gasteiger partial charge in [0.1, 0.15) is 11.2 Å². The van der Waals surface area contributed by atoms with Crippen LogP contribution in [0.1, 0.15) is 54.9 Å². The molecule has 0 N–H and O–H groups in total. The van der Waals surface area contributed by atoms with E-state index in [2.05, 4.69) is 5.92 Å². The lowest BCUT2D eigenvalue weighted by Crippen LogP contribution is -2.55. The van der Waals surface area contributed by atoms with E-state index in [9.17, 15) is 14.4 Å². The molecule has 0 saturated heterocycles. The van der Waals surface area contributed by atoms with Gasteiger partial charge in [0.05, 0.1) is 12.5 Å². The van der Waals surface area contributed by atoms with Crippen LogP contribution in [0.2, 0.25) is 0 Å². The Labute approximate surface area is 149 Å². The number of imide groups is 1. The fourth-order valence-electron chi connectivity index (χ4n) is 2.28. The minimum atomic E-state index is -1.59. The number of rotatable bonds is 3. The summed E-state index contributed by atoms with van der Waals surface area (Å²) in [6, 6.07) is 0. The highest BCUT2D eigenvalue weighted by Crippen LogP contribution is 2.50. The lowest BCUT2D eigenvalue weighted by molar-refractivity contribution is -0.151. The Morgan fingerprint density at radius 3 is 1.80 bits per heavy atom. The highest BCUT2D eigenvalue weighted by Gasteiger charge is 2.69. The maximum absolute atomic E-state index is 12.7. The van der Waals surface area contributed by atoms with Gasteiger partial charge in [0.2, 0.25) is 0 Å². The Balaban J connectivity index is 3.29. The van der Waals surface area contributed by atoms with Gasteiger partial charge in [0, 0.05) is 6.42 Å². The van der Waals surface area contributed by atoms with Crippen LogP contribution in [0.15, 0.2) is 0 Å². The predicted octanol–water partition coefficient (Wildman–Crippen LogP) is 3.11. The summed E-state index contributed by atoms with van der Waals surface area (Å²) in [6.07, 6.45) is 3.57. The molecule has 140 valence electrons. The van der Waals surface area contributed by atoms with Crippen molar-refractivity contribution in [1.82, 2.24) is 4.90 Å². The zero-order valence-corrected chi connectivity index (χ0v) is 16.0. The van der Waals surface area contributed by atoms with Crippen molar-refractivity contribution < 1.29 is 28.6 Å². The number of carbonyl (C=O) groups is 3. The predicted molar refractivity (Wildman–Crippen MR) is 90.6 cm³/mol. The Morgan fingerprint density at radius 2 is 1.52 bits per heavy atom. The number of esters is 1.